The van der Waals surface area contributed by atoms with E-state index >= 15 is 0 Å². The number of amides is 2. The van der Waals surface area contributed by atoms with Crippen molar-refractivity contribution in [1.82, 2.24) is 20.5 Å². The number of hydrogen-bond donors (Lipinski definition) is 4. The highest BCUT2D eigenvalue weighted by Gasteiger charge is 2.39. The van der Waals surface area contributed by atoms with E-state index in [0.29, 0.717) is 48.1 Å². The van der Waals surface area contributed by atoms with Gasteiger partial charge in [0, 0.05) is 36.3 Å². The van der Waals surface area contributed by atoms with Gasteiger partial charge < -0.3 is 26.0 Å². The number of nitrogens with two attached hydrogens (primary N) is 1. The molecule has 2 amide bonds. The Morgan fingerprint density at radius 1 is 1.31 bits per heavy atom. The summed E-state index contributed by atoms with van der Waals surface area (Å²) in [6, 6.07) is 5.48. The quantitative estimate of drug-likeness (QED) is 0.426. The first-order chi connectivity index (χ1) is 15.5. The van der Waals surface area contributed by atoms with Crippen molar-refractivity contribution in [2.75, 3.05) is 37.5 Å². The largest absolute Gasteiger partial charge is 0.497 e. The molecule has 0 unspecified atom stereocenters. The molecule has 3 heterocycles. The van der Waals surface area contributed by atoms with Gasteiger partial charge in [0.15, 0.2) is 0 Å². The Morgan fingerprint density at radius 3 is 2.72 bits per heavy atom. The zero-order chi connectivity index (χ0) is 22.7. The number of piperidine rings is 1. The molecule has 3 aromatic rings. The zero-order valence-electron chi connectivity index (χ0n) is 17.8. The van der Waals surface area contributed by atoms with Crippen molar-refractivity contribution >= 4 is 34.5 Å². The third kappa shape index (κ3) is 4.16. The summed E-state index contributed by atoms with van der Waals surface area (Å²) in [5.41, 5.74) is 7.53. The van der Waals surface area contributed by atoms with Gasteiger partial charge in [0.2, 0.25) is 5.91 Å². The van der Waals surface area contributed by atoms with Gasteiger partial charge in [-0.25, -0.2) is 4.98 Å². The number of likely N-dealkylation sites (N-methyl/N-ethyl adjacent to an activating group) is 1. The summed E-state index contributed by atoms with van der Waals surface area (Å²) in [6.45, 7) is 1.20. The molecule has 4 rings (SSSR count). The van der Waals surface area contributed by atoms with Crippen molar-refractivity contribution in [2.45, 2.75) is 18.4 Å². The molecule has 11 heteroatoms. The minimum atomic E-state index is -0.719. The Bertz CT molecular complexity index is 1100. The molecule has 10 nitrogen and oxygen atoms in total. The van der Waals surface area contributed by atoms with Crippen LogP contribution >= 0.6 is 11.3 Å². The van der Waals surface area contributed by atoms with Gasteiger partial charge in [-0.1, -0.05) is 0 Å². The number of nitrogens with one attached hydrogen (secondary N) is 3. The lowest BCUT2D eigenvalue weighted by Crippen LogP contribution is -2.59. The standard InChI is InChI=1S/C21H25N7O3S/c1-23-21(20(22)30)5-7-28(8-6-21)17-9-14(31-2)3-4-15(17)26-18(29)16-12-32-19(27-16)13-10-24-25-11-13/h3-4,9-12,23H,5-8H2,1-2H3,(H2,22,30)(H,24,25)(H,26,29). The van der Waals surface area contributed by atoms with E-state index in [9.17, 15) is 9.59 Å². The number of aromatic amines is 1. The van der Waals surface area contributed by atoms with Gasteiger partial charge in [0.05, 0.1) is 24.7 Å². The van der Waals surface area contributed by atoms with Crippen molar-refractivity contribution in [3.63, 3.8) is 0 Å². The third-order valence-electron chi connectivity index (χ3n) is 5.84. The second-order valence-electron chi connectivity index (χ2n) is 7.55. The number of rotatable bonds is 7. The lowest BCUT2D eigenvalue weighted by Gasteiger charge is -2.41. The fourth-order valence-electron chi connectivity index (χ4n) is 3.82. The average molecular weight is 456 g/mol. The summed E-state index contributed by atoms with van der Waals surface area (Å²) >= 11 is 1.38. The summed E-state index contributed by atoms with van der Waals surface area (Å²) < 4.78 is 5.39. The molecular weight excluding hydrogens is 430 g/mol. The van der Waals surface area contributed by atoms with Crippen LogP contribution in [0.5, 0.6) is 5.75 Å². The van der Waals surface area contributed by atoms with Crippen LogP contribution in [0.3, 0.4) is 0 Å². The van der Waals surface area contributed by atoms with Crippen LogP contribution in [-0.4, -0.2) is 59.8 Å². The number of carbonyl (C=O) groups is 2. The topological polar surface area (TPSA) is 138 Å². The van der Waals surface area contributed by atoms with Crippen LogP contribution in [0.4, 0.5) is 11.4 Å². The molecule has 0 aliphatic carbocycles. The molecule has 0 radical (unpaired) electrons. The van der Waals surface area contributed by atoms with Crippen LogP contribution in [0.1, 0.15) is 23.3 Å². The number of carbonyl (C=O) groups excluding carboxylic acids is 2. The highest BCUT2D eigenvalue weighted by Crippen LogP contribution is 2.35. The summed E-state index contributed by atoms with van der Waals surface area (Å²) in [4.78, 5) is 31.4. The lowest BCUT2D eigenvalue weighted by molar-refractivity contribution is -0.125. The van der Waals surface area contributed by atoms with Crippen LogP contribution in [-0.2, 0) is 4.79 Å². The molecule has 1 aliphatic heterocycles. The highest BCUT2D eigenvalue weighted by molar-refractivity contribution is 7.13. The number of ether oxygens (including phenoxy) is 1. The minimum Gasteiger partial charge on any atom is -0.497 e. The van der Waals surface area contributed by atoms with Crippen LogP contribution in [0.25, 0.3) is 10.6 Å². The van der Waals surface area contributed by atoms with Gasteiger partial charge in [0.1, 0.15) is 22.0 Å². The number of H-pyrrole nitrogens is 1. The van der Waals surface area contributed by atoms with Crippen molar-refractivity contribution in [2.24, 2.45) is 5.73 Å². The summed E-state index contributed by atoms with van der Waals surface area (Å²) in [5, 5.41) is 15.1. The van der Waals surface area contributed by atoms with Crippen molar-refractivity contribution in [3.8, 4) is 16.3 Å². The molecule has 0 spiro atoms. The first-order valence-electron chi connectivity index (χ1n) is 10.1. The molecule has 0 bridgehead atoms. The van der Waals surface area contributed by atoms with E-state index < -0.39 is 5.54 Å². The Labute approximate surface area is 189 Å². The van der Waals surface area contributed by atoms with Crippen LogP contribution in [0.15, 0.2) is 36.0 Å². The number of aromatic nitrogens is 3. The van der Waals surface area contributed by atoms with Crippen molar-refractivity contribution in [1.29, 1.82) is 0 Å². The Hall–Kier alpha value is -3.44. The highest BCUT2D eigenvalue weighted by atomic mass is 32.1. The van der Waals surface area contributed by atoms with Crippen LogP contribution < -0.4 is 26.0 Å². The van der Waals surface area contributed by atoms with Gasteiger partial charge in [-0.2, -0.15) is 5.10 Å². The first-order valence-corrected chi connectivity index (χ1v) is 11.0. The van der Waals surface area contributed by atoms with E-state index in [0.717, 1.165) is 11.3 Å². The Kier molecular flexibility index (Phi) is 6.10. The summed E-state index contributed by atoms with van der Waals surface area (Å²) in [5.74, 6) is 0.0196. The Morgan fingerprint density at radius 2 is 2.09 bits per heavy atom. The molecule has 0 atom stereocenters. The van der Waals surface area contributed by atoms with Crippen molar-refractivity contribution in [3.05, 3.63) is 41.7 Å². The number of anilines is 2. The maximum absolute atomic E-state index is 12.9. The molecule has 1 aliphatic rings. The molecule has 1 aromatic carbocycles. The fraction of sp³-hybridized carbons (Fsp3) is 0.333. The smallest absolute Gasteiger partial charge is 0.275 e. The fourth-order valence-corrected chi connectivity index (χ4v) is 4.60. The first kappa shape index (κ1) is 21.8. The molecule has 1 fully saturated rings. The normalized spacial score (nSPS) is 15.4. The van der Waals surface area contributed by atoms with Crippen molar-refractivity contribution < 1.29 is 14.3 Å². The van der Waals surface area contributed by atoms with Crippen LogP contribution in [0, 0.1) is 0 Å². The molecule has 5 N–H and O–H groups in total. The zero-order valence-corrected chi connectivity index (χ0v) is 18.7. The molecule has 168 valence electrons. The minimum absolute atomic E-state index is 0.305. The molecule has 0 saturated carbocycles. The maximum atomic E-state index is 12.9. The second-order valence-corrected chi connectivity index (χ2v) is 8.40. The number of hydrogen-bond acceptors (Lipinski definition) is 8. The Balaban J connectivity index is 1.55. The molecular formula is C21H25N7O3S. The predicted molar refractivity (Wildman–Crippen MR) is 123 cm³/mol. The molecule has 1 saturated heterocycles. The van der Waals surface area contributed by atoms with E-state index in [1.165, 1.54) is 11.3 Å². The van der Waals surface area contributed by atoms with Gasteiger partial charge in [0.25, 0.3) is 5.91 Å². The second kappa shape index (κ2) is 8.97. The van der Waals surface area contributed by atoms with Gasteiger partial charge in [-0.3, -0.25) is 14.7 Å². The number of nitrogens with zero attached hydrogens (tertiary/aromatic N) is 3. The average Bonchev–Trinajstić information content (AvgIpc) is 3.51. The third-order valence-corrected chi connectivity index (χ3v) is 6.73. The molecule has 32 heavy (non-hydrogen) atoms. The van der Waals surface area contributed by atoms with E-state index in [4.69, 9.17) is 10.5 Å². The maximum Gasteiger partial charge on any atom is 0.275 e. The van der Waals surface area contributed by atoms with E-state index in [-0.39, 0.29) is 11.8 Å². The van der Waals surface area contributed by atoms with Gasteiger partial charge in [-0.15, -0.1) is 11.3 Å². The monoisotopic (exact) mass is 455 g/mol. The van der Waals surface area contributed by atoms with E-state index in [1.807, 2.05) is 12.1 Å². The predicted octanol–water partition coefficient (Wildman–Crippen LogP) is 1.84. The number of thiazole rings is 1. The number of benzene rings is 1. The lowest BCUT2D eigenvalue weighted by atomic mass is 9.86. The van der Waals surface area contributed by atoms with Gasteiger partial charge >= 0.3 is 0 Å². The number of methoxy groups -OCH3 is 1. The number of primary amides is 1. The summed E-state index contributed by atoms with van der Waals surface area (Å²) in [6.07, 6.45) is 4.51. The summed E-state index contributed by atoms with van der Waals surface area (Å²) in [7, 11) is 3.35. The van der Waals surface area contributed by atoms with Crippen LogP contribution in [0.2, 0.25) is 0 Å². The molecule has 2 aromatic heterocycles. The van der Waals surface area contributed by atoms with E-state index in [2.05, 4.69) is 30.7 Å². The SMILES string of the molecule is CNC1(C(N)=O)CCN(c2cc(OC)ccc2NC(=O)c2csc(-c3cn[nH]c3)n2)CC1. The van der Waals surface area contributed by atoms with Gasteiger partial charge in [-0.05, 0) is 32.0 Å². The van der Waals surface area contributed by atoms with E-state index in [1.54, 1.807) is 38.0 Å².